The van der Waals surface area contributed by atoms with Crippen LogP contribution in [0.5, 0.6) is 0 Å². The highest BCUT2D eigenvalue weighted by atomic mass is 35.5. The minimum atomic E-state index is 0.151. The van der Waals surface area contributed by atoms with E-state index in [1.807, 2.05) is 48.2 Å². The van der Waals surface area contributed by atoms with Crippen LogP contribution in [0.3, 0.4) is 0 Å². The van der Waals surface area contributed by atoms with Crippen molar-refractivity contribution in [3.05, 3.63) is 29.3 Å². The van der Waals surface area contributed by atoms with Gasteiger partial charge >= 0.3 is 0 Å². The number of likely N-dealkylation sites (tertiary alicyclic amines) is 1. The molecule has 2 aliphatic rings. The molecule has 0 aromatic heterocycles. The number of hydrogen-bond donors (Lipinski definition) is 0. The summed E-state index contributed by atoms with van der Waals surface area (Å²) in [6.45, 7) is 0.835. The van der Waals surface area contributed by atoms with Gasteiger partial charge in [-0.3, -0.25) is 9.59 Å². The summed E-state index contributed by atoms with van der Waals surface area (Å²) in [6.07, 6.45) is 2.60. The molecule has 1 saturated carbocycles. The second-order valence-electron chi connectivity index (χ2n) is 6.87. The van der Waals surface area contributed by atoms with E-state index in [0.717, 1.165) is 24.3 Å². The summed E-state index contributed by atoms with van der Waals surface area (Å²) in [6, 6.07) is 7.82. The summed E-state index contributed by atoms with van der Waals surface area (Å²) in [4.78, 5) is 29.1. The van der Waals surface area contributed by atoms with Gasteiger partial charge in [-0.15, -0.1) is 11.8 Å². The van der Waals surface area contributed by atoms with Crippen LogP contribution in [-0.4, -0.2) is 54.0 Å². The second kappa shape index (κ2) is 7.36. The first-order valence-corrected chi connectivity index (χ1v) is 9.68. The molecule has 130 valence electrons. The summed E-state index contributed by atoms with van der Waals surface area (Å²) in [5.41, 5.74) is 0. The number of hydrogen-bond acceptors (Lipinski definition) is 3. The third-order valence-corrected chi connectivity index (χ3v) is 6.55. The molecule has 24 heavy (non-hydrogen) atoms. The van der Waals surface area contributed by atoms with E-state index in [1.165, 1.54) is 11.8 Å². The third-order valence-electron chi connectivity index (χ3n) is 5.30. The van der Waals surface area contributed by atoms with Crippen LogP contribution in [-0.2, 0) is 9.59 Å². The second-order valence-corrected chi connectivity index (χ2v) is 8.36. The average molecular weight is 367 g/mol. The lowest BCUT2D eigenvalue weighted by molar-refractivity contribution is -0.135. The van der Waals surface area contributed by atoms with Crippen LogP contribution in [0.15, 0.2) is 29.2 Å². The van der Waals surface area contributed by atoms with Crippen molar-refractivity contribution in [1.29, 1.82) is 0 Å². The van der Waals surface area contributed by atoms with Crippen LogP contribution >= 0.6 is 23.4 Å². The lowest BCUT2D eigenvalue weighted by Crippen LogP contribution is -2.40. The van der Waals surface area contributed by atoms with E-state index >= 15 is 0 Å². The number of halogens is 1. The van der Waals surface area contributed by atoms with E-state index < -0.39 is 0 Å². The minimum absolute atomic E-state index is 0.151. The molecule has 1 heterocycles. The zero-order valence-electron chi connectivity index (χ0n) is 14.1. The van der Waals surface area contributed by atoms with Crippen LogP contribution in [0.25, 0.3) is 0 Å². The fourth-order valence-corrected chi connectivity index (χ4v) is 4.73. The van der Waals surface area contributed by atoms with Gasteiger partial charge < -0.3 is 9.80 Å². The summed E-state index contributed by atoms with van der Waals surface area (Å²) < 4.78 is 0. The maximum Gasteiger partial charge on any atom is 0.232 e. The van der Waals surface area contributed by atoms with Gasteiger partial charge in [0, 0.05) is 43.0 Å². The molecule has 2 amide bonds. The summed E-state index contributed by atoms with van der Waals surface area (Å²) in [7, 11) is 3.78. The van der Waals surface area contributed by atoms with E-state index in [1.54, 1.807) is 0 Å². The Kier molecular flexibility index (Phi) is 5.40. The highest BCUT2D eigenvalue weighted by Crippen LogP contribution is 2.40. The zero-order valence-corrected chi connectivity index (χ0v) is 15.6. The predicted molar refractivity (Wildman–Crippen MR) is 97.2 cm³/mol. The lowest BCUT2D eigenvalue weighted by Gasteiger charge is -2.31. The van der Waals surface area contributed by atoms with Crippen molar-refractivity contribution in [2.45, 2.75) is 30.2 Å². The molecule has 0 spiro atoms. The van der Waals surface area contributed by atoms with Crippen LogP contribution in [0.1, 0.15) is 19.3 Å². The zero-order chi connectivity index (χ0) is 17.3. The highest BCUT2D eigenvalue weighted by Gasteiger charge is 2.42. The molecule has 0 unspecified atom stereocenters. The molecule has 1 aromatic carbocycles. The first-order valence-electron chi connectivity index (χ1n) is 8.32. The summed E-state index contributed by atoms with van der Waals surface area (Å²) >= 11 is 7.42. The van der Waals surface area contributed by atoms with Gasteiger partial charge in [0.05, 0.1) is 5.75 Å². The Labute approximate surface area is 152 Å². The maximum atomic E-state index is 12.5. The lowest BCUT2D eigenvalue weighted by atomic mass is 9.88. The standard InChI is InChI=1S/C18H23ClN2O2S/c1-20-10-13-8-15(7-12(13)9-17(20)22)21(2)18(23)11-24-16-5-3-14(19)4-6-16/h3-6,12-13,15H,7-11H2,1-2H3/t12-,13+,15-/m1/s1. The van der Waals surface area contributed by atoms with Crippen molar-refractivity contribution in [2.75, 3.05) is 26.4 Å². The number of piperidine rings is 1. The number of rotatable bonds is 4. The van der Waals surface area contributed by atoms with Crippen LogP contribution < -0.4 is 0 Å². The smallest absolute Gasteiger partial charge is 0.232 e. The highest BCUT2D eigenvalue weighted by molar-refractivity contribution is 8.00. The Morgan fingerprint density at radius 1 is 1.29 bits per heavy atom. The van der Waals surface area contributed by atoms with Gasteiger partial charge in [0.2, 0.25) is 11.8 Å². The first-order chi connectivity index (χ1) is 11.4. The van der Waals surface area contributed by atoms with Crippen molar-refractivity contribution in [2.24, 2.45) is 11.8 Å². The normalized spacial score (nSPS) is 26.4. The fraction of sp³-hybridized carbons (Fsp3) is 0.556. The van der Waals surface area contributed by atoms with Gasteiger partial charge in [-0.1, -0.05) is 11.6 Å². The quantitative estimate of drug-likeness (QED) is 0.768. The van der Waals surface area contributed by atoms with Crippen LogP contribution in [0.2, 0.25) is 5.02 Å². The van der Waals surface area contributed by atoms with Gasteiger partial charge in [0.1, 0.15) is 0 Å². The molecule has 1 aliphatic heterocycles. The van der Waals surface area contributed by atoms with Crippen molar-refractivity contribution in [3.63, 3.8) is 0 Å². The van der Waals surface area contributed by atoms with Crippen molar-refractivity contribution in [1.82, 2.24) is 9.80 Å². The van der Waals surface area contributed by atoms with Crippen LogP contribution in [0, 0.1) is 11.8 Å². The Morgan fingerprint density at radius 3 is 2.67 bits per heavy atom. The van der Waals surface area contributed by atoms with Crippen molar-refractivity contribution < 1.29 is 9.59 Å². The van der Waals surface area contributed by atoms with E-state index in [9.17, 15) is 9.59 Å². The molecule has 1 aromatic rings. The minimum Gasteiger partial charge on any atom is -0.345 e. The molecular weight excluding hydrogens is 344 g/mol. The van der Waals surface area contributed by atoms with Gasteiger partial charge in [-0.2, -0.15) is 0 Å². The Balaban J connectivity index is 1.52. The maximum absolute atomic E-state index is 12.5. The molecule has 3 atom stereocenters. The SMILES string of the molecule is CN1C[C@@H]2C[C@H](N(C)C(=O)CSc3ccc(Cl)cc3)C[C@@H]2CC1=O. The van der Waals surface area contributed by atoms with Gasteiger partial charge in [-0.05, 0) is 48.9 Å². The predicted octanol–water partition coefficient (Wildman–Crippen LogP) is 3.15. The largest absolute Gasteiger partial charge is 0.345 e. The molecule has 2 fully saturated rings. The van der Waals surface area contributed by atoms with Crippen molar-refractivity contribution in [3.8, 4) is 0 Å². The Hall–Kier alpha value is -1.20. The monoisotopic (exact) mass is 366 g/mol. The molecule has 1 aliphatic carbocycles. The Bertz CT molecular complexity index is 622. The number of nitrogens with zero attached hydrogens (tertiary/aromatic N) is 2. The molecule has 0 bridgehead atoms. The number of fused-ring (bicyclic) bond motifs is 1. The van der Waals surface area contributed by atoms with Gasteiger partial charge in [0.25, 0.3) is 0 Å². The van der Waals surface area contributed by atoms with E-state index in [2.05, 4.69) is 0 Å². The average Bonchev–Trinajstić information content (AvgIpc) is 2.96. The molecular formula is C18H23ClN2O2S. The van der Waals surface area contributed by atoms with Crippen LogP contribution in [0.4, 0.5) is 0 Å². The molecule has 1 saturated heterocycles. The first kappa shape index (κ1) is 17.6. The van der Waals surface area contributed by atoms with E-state index in [0.29, 0.717) is 29.0 Å². The molecule has 0 N–H and O–H groups in total. The number of thioether (sulfide) groups is 1. The third kappa shape index (κ3) is 3.89. The van der Waals surface area contributed by atoms with Crippen molar-refractivity contribution >= 4 is 35.2 Å². The number of amides is 2. The van der Waals surface area contributed by atoms with E-state index in [-0.39, 0.29) is 17.9 Å². The topological polar surface area (TPSA) is 40.6 Å². The summed E-state index contributed by atoms with van der Waals surface area (Å²) in [5.74, 6) is 1.81. The molecule has 3 rings (SSSR count). The van der Waals surface area contributed by atoms with E-state index in [4.69, 9.17) is 11.6 Å². The summed E-state index contributed by atoms with van der Waals surface area (Å²) in [5, 5.41) is 0.705. The molecule has 0 radical (unpaired) electrons. The van der Waals surface area contributed by atoms with Gasteiger partial charge in [0.15, 0.2) is 0 Å². The molecule has 6 heteroatoms. The number of carbonyl (C=O) groups is 2. The Morgan fingerprint density at radius 2 is 1.96 bits per heavy atom. The van der Waals surface area contributed by atoms with Gasteiger partial charge in [-0.25, -0.2) is 0 Å². The fourth-order valence-electron chi connectivity index (χ4n) is 3.78. The number of carbonyl (C=O) groups excluding carboxylic acids is 2. The molecule has 4 nitrogen and oxygen atoms in total. The number of benzene rings is 1.